The second-order valence-electron chi connectivity index (χ2n) is 6.33. The van der Waals surface area contributed by atoms with Crippen LogP contribution in [-0.2, 0) is 4.74 Å². The number of aliphatic hydroxyl groups excluding tert-OH is 1. The molecule has 2 N–H and O–H groups in total. The molecule has 2 fully saturated rings. The van der Waals surface area contributed by atoms with Crippen LogP contribution in [0.25, 0.3) is 0 Å². The monoisotopic (exact) mass is 256 g/mol. The molecular formula is C13H24N2O3. The van der Waals surface area contributed by atoms with Gasteiger partial charge in [-0.1, -0.05) is 0 Å². The summed E-state index contributed by atoms with van der Waals surface area (Å²) in [6, 6.07) is 0.164. The molecule has 18 heavy (non-hydrogen) atoms. The van der Waals surface area contributed by atoms with Gasteiger partial charge in [0.1, 0.15) is 5.60 Å². The number of nitrogens with zero attached hydrogens (tertiary/aromatic N) is 1. The number of amides is 1. The van der Waals surface area contributed by atoms with Gasteiger partial charge >= 0.3 is 6.09 Å². The molecular weight excluding hydrogens is 232 g/mol. The number of rotatable bonds is 1. The van der Waals surface area contributed by atoms with Gasteiger partial charge in [-0.15, -0.1) is 0 Å². The summed E-state index contributed by atoms with van der Waals surface area (Å²) >= 11 is 0. The lowest BCUT2D eigenvalue weighted by Gasteiger charge is -2.45. The molecule has 0 aromatic carbocycles. The van der Waals surface area contributed by atoms with E-state index in [1.54, 1.807) is 0 Å². The van der Waals surface area contributed by atoms with Gasteiger partial charge in [0.05, 0.1) is 12.1 Å². The first-order valence-electron chi connectivity index (χ1n) is 6.75. The van der Waals surface area contributed by atoms with Gasteiger partial charge in [-0.2, -0.15) is 0 Å². The van der Waals surface area contributed by atoms with Gasteiger partial charge in [-0.3, -0.25) is 0 Å². The Morgan fingerprint density at radius 2 is 2.06 bits per heavy atom. The maximum absolute atomic E-state index is 12.2. The fourth-order valence-electron chi connectivity index (χ4n) is 2.64. The molecule has 0 aromatic heterocycles. The van der Waals surface area contributed by atoms with Crippen LogP contribution in [0.1, 0.15) is 33.6 Å². The van der Waals surface area contributed by atoms with E-state index in [0.717, 1.165) is 25.9 Å². The Labute approximate surface area is 108 Å². The molecule has 5 nitrogen and oxygen atoms in total. The molecule has 2 aliphatic rings. The van der Waals surface area contributed by atoms with Crippen LogP contribution < -0.4 is 5.32 Å². The van der Waals surface area contributed by atoms with Crippen molar-refractivity contribution in [3.8, 4) is 0 Å². The second-order valence-corrected chi connectivity index (χ2v) is 6.33. The van der Waals surface area contributed by atoms with E-state index in [1.165, 1.54) is 0 Å². The minimum atomic E-state index is -0.453. The summed E-state index contributed by atoms with van der Waals surface area (Å²) in [7, 11) is 0. The van der Waals surface area contributed by atoms with Crippen LogP contribution in [0.4, 0.5) is 4.79 Å². The minimum absolute atomic E-state index is 0.164. The van der Waals surface area contributed by atoms with Crippen LogP contribution >= 0.6 is 0 Å². The highest BCUT2D eigenvalue weighted by Gasteiger charge is 2.40. The first-order valence-corrected chi connectivity index (χ1v) is 6.75. The van der Waals surface area contributed by atoms with Crippen molar-refractivity contribution in [2.24, 2.45) is 5.92 Å². The number of hydrogen-bond donors (Lipinski definition) is 2. The third kappa shape index (κ3) is 3.14. The lowest BCUT2D eigenvalue weighted by molar-refractivity contribution is -0.0317. The van der Waals surface area contributed by atoms with E-state index in [1.807, 2.05) is 25.7 Å². The van der Waals surface area contributed by atoms with Crippen LogP contribution in [0.2, 0.25) is 0 Å². The number of carbonyl (C=O) groups excluding carboxylic acids is 1. The molecule has 1 saturated carbocycles. The maximum Gasteiger partial charge on any atom is 0.410 e. The zero-order valence-corrected chi connectivity index (χ0v) is 11.5. The van der Waals surface area contributed by atoms with Crippen molar-refractivity contribution in [2.75, 3.05) is 19.6 Å². The Kier molecular flexibility index (Phi) is 3.82. The van der Waals surface area contributed by atoms with Crippen molar-refractivity contribution in [2.45, 2.75) is 51.4 Å². The number of aliphatic hydroxyl groups is 1. The van der Waals surface area contributed by atoms with E-state index in [-0.39, 0.29) is 18.2 Å². The fourth-order valence-corrected chi connectivity index (χ4v) is 2.64. The summed E-state index contributed by atoms with van der Waals surface area (Å²) in [5.74, 6) is 0.403. The average molecular weight is 256 g/mol. The zero-order chi connectivity index (χ0) is 13.3. The molecule has 1 amide bonds. The van der Waals surface area contributed by atoms with E-state index < -0.39 is 5.60 Å². The molecule has 0 radical (unpaired) electrons. The number of hydrogen-bond acceptors (Lipinski definition) is 4. The Hall–Kier alpha value is -0.810. The topological polar surface area (TPSA) is 61.8 Å². The number of ether oxygens (including phenoxy) is 1. The van der Waals surface area contributed by atoms with E-state index in [0.29, 0.717) is 12.5 Å². The Bertz CT molecular complexity index is 308. The van der Waals surface area contributed by atoms with Gasteiger partial charge in [-0.05, 0) is 39.5 Å². The predicted octanol–water partition coefficient (Wildman–Crippen LogP) is 0.966. The minimum Gasteiger partial charge on any atom is -0.444 e. The molecule has 2 rings (SSSR count). The van der Waals surface area contributed by atoms with E-state index in [2.05, 4.69) is 5.32 Å². The summed E-state index contributed by atoms with van der Waals surface area (Å²) in [5.41, 5.74) is -0.453. The smallest absolute Gasteiger partial charge is 0.410 e. The SMILES string of the molecule is CC(C)(C)OC(=O)N1CCNCC1C1CC(O)C1. The first kappa shape index (κ1) is 13.6. The largest absolute Gasteiger partial charge is 0.444 e. The summed E-state index contributed by atoms with van der Waals surface area (Å²) < 4.78 is 5.45. The van der Waals surface area contributed by atoms with Crippen LogP contribution in [-0.4, -0.2) is 53.5 Å². The highest BCUT2D eigenvalue weighted by molar-refractivity contribution is 5.68. The second kappa shape index (κ2) is 5.05. The Morgan fingerprint density at radius 3 is 2.61 bits per heavy atom. The highest BCUT2D eigenvalue weighted by Crippen LogP contribution is 2.33. The quantitative estimate of drug-likeness (QED) is 0.734. The molecule has 1 saturated heterocycles. The molecule has 104 valence electrons. The number of nitrogens with one attached hydrogen (secondary N) is 1. The molecule has 0 aromatic rings. The van der Waals surface area contributed by atoms with Gasteiger partial charge in [0, 0.05) is 19.6 Å². The van der Waals surface area contributed by atoms with Gasteiger partial charge in [-0.25, -0.2) is 4.79 Å². The van der Waals surface area contributed by atoms with Crippen LogP contribution in [0.15, 0.2) is 0 Å². The predicted molar refractivity (Wildman–Crippen MR) is 68.3 cm³/mol. The molecule has 0 spiro atoms. The molecule has 5 heteroatoms. The summed E-state index contributed by atoms with van der Waals surface area (Å²) in [6.07, 6.45) is 1.19. The molecule has 1 unspecified atom stereocenters. The normalized spacial score (nSPS) is 32.9. The average Bonchev–Trinajstić information content (AvgIpc) is 2.22. The van der Waals surface area contributed by atoms with Gasteiger partial charge in [0.15, 0.2) is 0 Å². The summed E-state index contributed by atoms with van der Waals surface area (Å²) in [5, 5.41) is 12.7. The van der Waals surface area contributed by atoms with Crippen LogP contribution in [0.3, 0.4) is 0 Å². The van der Waals surface area contributed by atoms with E-state index in [9.17, 15) is 9.90 Å². The van der Waals surface area contributed by atoms with Crippen molar-refractivity contribution < 1.29 is 14.6 Å². The van der Waals surface area contributed by atoms with Crippen LogP contribution in [0, 0.1) is 5.92 Å². The summed E-state index contributed by atoms with van der Waals surface area (Å²) in [6.45, 7) is 7.95. The zero-order valence-electron chi connectivity index (χ0n) is 11.5. The Morgan fingerprint density at radius 1 is 1.39 bits per heavy atom. The highest BCUT2D eigenvalue weighted by atomic mass is 16.6. The third-order valence-electron chi connectivity index (χ3n) is 3.61. The van der Waals surface area contributed by atoms with Crippen molar-refractivity contribution in [1.29, 1.82) is 0 Å². The van der Waals surface area contributed by atoms with E-state index >= 15 is 0 Å². The lowest BCUT2D eigenvalue weighted by Crippen LogP contribution is -2.59. The first-order chi connectivity index (χ1) is 8.37. The Balaban J connectivity index is 1.97. The maximum atomic E-state index is 12.2. The van der Waals surface area contributed by atoms with Crippen molar-refractivity contribution in [3.63, 3.8) is 0 Å². The van der Waals surface area contributed by atoms with Crippen molar-refractivity contribution in [1.82, 2.24) is 10.2 Å². The van der Waals surface area contributed by atoms with E-state index in [4.69, 9.17) is 4.74 Å². The molecule has 1 heterocycles. The molecule has 1 aliphatic heterocycles. The number of piperazine rings is 1. The fraction of sp³-hybridized carbons (Fsp3) is 0.923. The molecule has 0 bridgehead atoms. The molecule has 1 aliphatic carbocycles. The van der Waals surface area contributed by atoms with Crippen molar-refractivity contribution >= 4 is 6.09 Å². The van der Waals surface area contributed by atoms with Gasteiger partial charge in [0.25, 0.3) is 0 Å². The summed E-state index contributed by atoms with van der Waals surface area (Å²) in [4.78, 5) is 14.0. The lowest BCUT2D eigenvalue weighted by atomic mass is 9.76. The molecule has 1 atom stereocenters. The van der Waals surface area contributed by atoms with Crippen molar-refractivity contribution in [3.05, 3.63) is 0 Å². The number of carbonyl (C=O) groups is 1. The van der Waals surface area contributed by atoms with Gasteiger partial charge < -0.3 is 20.1 Å². The standard InChI is InChI=1S/C13H24N2O3/c1-13(2,3)18-12(17)15-5-4-14-8-11(15)9-6-10(16)7-9/h9-11,14,16H,4-8H2,1-3H3. The van der Waals surface area contributed by atoms with Crippen LogP contribution in [0.5, 0.6) is 0 Å². The van der Waals surface area contributed by atoms with Gasteiger partial charge in [0.2, 0.25) is 0 Å². The third-order valence-corrected chi connectivity index (χ3v) is 3.61.